The Kier molecular flexibility index (Phi) is 3.99. The molecule has 2 aromatic rings. The maximum absolute atomic E-state index is 12.9. The van der Waals surface area contributed by atoms with Crippen molar-refractivity contribution < 1.29 is 12.8 Å². The average Bonchev–Trinajstić information content (AvgIpc) is 2.33. The molecule has 7 heteroatoms. The van der Waals surface area contributed by atoms with Crippen molar-refractivity contribution in [3.63, 3.8) is 0 Å². The molecule has 0 bridgehead atoms. The number of hydrogen-bond acceptors (Lipinski definition) is 2. The quantitative estimate of drug-likeness (QED) is 0.931. The minimum Gasteiger partial charge on any atom is -0.278 e. The van der Waals surface area contributed by atoms with Gasteiger partial charge in [0.25, 0.3) is 10.0 Å². The van der Waals surface area contributed by atoms with E-state index in [1.165, 1.54) is 18.2 Å². The molecule has 0 aliphatic heterocycles. The number of halogens is 3. The van der Waals surface area contributed by atoms with Gasteiger partial charge in [-0.2, -0.15) is 0 Å². The highest BCUT2D eigenvalue weighted by Crippen LogP contribution is 2.27. The van der Waals surface area contributed by atoms with Crippen LogP contribution in [-0.2, 0) is 10.0 Å². The van der Waals surface area contributed by atoms with Gasteiger partial charge in [0, 0.05) is 0 Å². The standard InChI is InChI=1S/C12H8Cl2FNO2S/c13-9-3-1-2-4-12(9)19(17,18)16-11-6-5-8(15)7-10(11)14/h1-7,16H. The third-order valence-corrected chi connectivity index (χ3v) is 4.48. The summed E-state index contributed by atoms with van der Waals surface area (Å²) in [6, 6.07) is 9.36. The van der Waals surface area contributed by atoms with Crippen molar-refractivity contribution in [1.29, 1.82) is 0 Å². The van der Waals surface area contributed by atoms with Crippen molar-refractivity contribution in [1.82, 2.24) is 0 Å². The van der Waals surface area contributed by atoms with E-state index in [4.69, 9.17) is 23.2 Å². The number of benzene rings is 2. The van der Waals surface area contributed by atoms with Crippen LogP contribution in [0.1, 0.15) is 0 Å². The molecule has 2 rings (SSSR count). The number of rotatable bonds is 3. The molecule has 0 saturated heterocycles. The van der Waals surface area contributed by atoms with E-state index in [2.05, 4.69) is 4.72 Å². The molecule has 0 aromatic heterocycles. The van der Waals surface area contributed by atoms with Gasteiger partial charge < -0.3 is 0 Å². The van der Waals surface area contributed by atoms with Gasteiger partial charge in [-0.3, -0.25) is 4.72 Å². The van der Waals surface area contributed by atoms with Gasteiger partial charge in [0.05, 0.1) is 15.7 Å². The molecule has 2 aromatic carbocycles. The van der Waals surface area contributed by atoms with E-state index in [9.17, 15) is 12.8 Å². The smallest absolute Gasteiger partial charge is 0.263 e. The van der Waals surface area contributed by atoms with Gasteiger partial charge in [-0.15, -0.1) is 0 Å². The van der Waals surface area contributed by atoms with Gasteiger partial charge in [-0.25, -0.2) is 12.8 Å². The predicted octanol–water partition coefficient (Wildman–Crippen LogP) is 3.93. The first-order valence-corrected chi connectivity index (χ1v) is 7.36. The van der Waals surface area contributed by atoms with Crippen molar-refractivity contribution in [2.45, 2.75) is 4.90 Å². The first-order valence-electron chi connectivity index (χ1n) is 5.12. The molecule has 0 spiro atoms. The van der Waals surface area contributed by atoms with E-state index in [1.54, 1.807) is 12.1 Å². The normalized spacial score (nSPS) is 11.3. The second-order valence-corrected chi connectivity index (χ2v) is 6.13. The zero-order valence-corrected chi connectivity index (χ0v) is 11.7. The Labute approximate surface area is 120 Å². The van der Waals surface area contributed by atoms with Gasteiger partial charge in [0.15, 0.2) is 0 Å². The number of nitrogens with one attached hydrogen (secondary N) is 1. The molecular formula is C12H8Cl2FNO2S. The number of hydrogen-bond donors (Lipinski definition) is 1. The molecule has 0 atom stereocenters. The molecule has 0 radical (unpaired) electrons. The molecule has 100 valence electrons. The van der Waals surface area contributed by atoms with Gasteiger partial charge >= 0.3 is 0 Å². The minimum atomic E-state index is -3.87. The summed E-state index contributed by atoms with van der Waals surface area (Å²) in [4.78, 5) is -0.0722. The molecule has 3 nitrogen and oxygen atoms in total. The van der Waals surface area contributed by atoms with Crippen LogP contribution in [0.5, 0.6) is 0 Å². The fourth-order valence-electron chi connectivity index (χ4n) is 1.43. The van der Waals surface area contributed by atoms with Crippen LogP contribution >= 0.6 is 23.2 Å². The van der Waals surface area contributed by atoms with E-state index >= 15 is 0 Å². The SMILES string of the molecule is O=S(=O)(Nc1ccc(F)cc1Cl)c1ccccc1Cl. The summed E-state index contributed by atoms with van der Waals surface area (Å²) in [7, 11) is -3.87. The molecule has 0 aliphatic rings. The van der Waals surface area contributed by atoms with Gasteiger partial charge in [-0.1, -0.05) is 35.3 Å². The van der Waals surface area contributed by atoms with Gasteiger partial charge in [0.1, 0.15) is 10.7 Å². The van der Waals surface area contributed by atoms with Crippen LogP contribution in [0.15, 0.2) is 47.4 Å². The van der Waals surface area contributed by atoms with E-state index < -0.39 is 15.8 Å². The Bertz CT molecular complexity index is 719. The van der Waals surface area contributed by atoms with E-state index in [-0.39, 0.29) is 20.6 Å². The molecule has 0 saturated carbocycles. The highest BCUT2D eigenvalue weighted by atomic mass is 35.5. The molecule has 0 aliphatic carbocycles. The lowest BCUT2D eigenvalue weighted by atomic mass is 10.3. The van der Waals surface area contributed by atoms with Crippen LogP contribution < -0.4 is 4.72 Å². The first kappa shape index (κ1) is 14.1. The second-order valence-electron chi connectivity index (χ2n) is 3.66. The third kappa shape index (κ3) is 3.18. The molecule has 19 heavy (non-hydrogen) atoms. The van der Waals surface area contributed by atoms with Crippen LogP contribution in [-0.4, -0.2) is 8.42 Å². The maximum Gasteiger partial charge on any atom is 0.263 e. The van der Waals surface area contributed by atoms with Crippen molar-refractivity contribution in [2.24, 2.45) is 0 Å². The topological polar surface area (TPSA) is 46.2 Å². The zero-order chi connectivity index (χ0) is 14.0. The Morgan fingerprint density at radius 3 is 2.32 bits per heavy atom. The molecule has 0 unspecified atom stereocenters. The largest absolute Gasteiger partial charge is 0.278 e. The highest BCUT2D eigenvalue weighted by Gasteiger charge is 2.18. The lowest BCUT2D eigenvalue weighted by Crippen LogP contribution is -2.13. The highest BCUT2D eigenvalue weighted by molar-refractivity contribution is 7.92. The second kappa shape index (κ2) is 5.36. The van der Waals surface area contributed by atoms with Crippen LogP contribution in [0.25, 0.3) is 0 Å². The third-order valence-electron chi connectivity index (χ3n) is 2.30. The lowest BCUT2D eigenvalue weighted by molar-refractivity contribution is 0.601. The van der Waals surface area contributed by atoms with Crippen LogP contribution in [0.3, 0.4) is 0 Å². The summed E-state index contributed by atoms with van der Waals surface area (Å²) in [5.74, 6) is -0.550. The van der Waals surface area contributed by atoms with Crippen molar-refractivity contribution >= 4 is 38.9 Å². The maximum atomic E-state index is 12.9. The predicted molar refractivity (Wildman–Crippen MR) is 73.7 cm³/mol. The van der Waals surface area contributed by atoms with Crippen LogP contribution in [0, 0.1) is 5.82 Å². The van der Waals surface area contributed by atoms with Gasteiger partial charge in [-0.05, 0) is 30.3 Å². The van der Waals surface area contributed by atoms with Gasteiger partial charge in [0.2, 0.25) is 0 Å². The number of sulfonamides is 1. The lowest BCUT2D eigenvalue weighted by Gasteiger charge is -2.10. The summed E-state index contributed by atoms with van der Waals surface area (Å²) >= 11 is 11.6. The summed E-state index contributed by atoms with van der Waals surface area (Å²) in [6.45, 7) is 0. The Hall–Kier alpha value is -1.30. The molecule has 0 fully saturated rings. The van der Waals surface area contributed by atoms with E-state index in [1.807, 2.05) is 0 Å². The fourth-order valence-corrected chi connectivity index (χ4v) is 3.31. The van der Waals surface area contributed by atoms with E-state index in [0.717, 1.165) is 12.1 Å². The summed E-state index contributed by atoms with van der Waals surface area (Å²) < 4.78 is 39.4. The number of anilines is 1. The Morgan fingerprint density at radius 2 is 1.68 bits per heavy atom. The fraction of sp³-hybridized carbons (Fsp3) is 0. The molecule has 1 N–H and O–H groups in total. The monoisotopic (exact) mass is 319 g/mol. The Balaban J connectivity index is 2.40. The summed E-state index contributed by atoms with van der Waals surface area (Å²) in [5, 5.41) is 0.0591. The van der Waals surface area contributed by atoms with Crippen LogP contribution in [0.4, 0.5) is 10.1 Å². The summed E-state index contributed by atoms with van der Waals surface area (Å²) in [6.07, 6.45) is 0. The zero-order valence-electron chi connectivity index (χ0n) is 9.40. The Morgan fingerprint density at radius 1 is 1.00 bits per heavy atom. The van der Waals surface area contributed by atoms with Crippen molar-refractivity contribution in [3.05, 3.63) is 58.3 Å². The average molecular weight is 320 g/mol. The van der Waals surface area contributed by atoms with Crippen molar-refractivity contribution in [3.8, 4) is 0 Å². The summed E-state index contributed by atoms with van der Waals surface area (Å²) in [5.41, 5.74) is 0.0861. The van der Waals surface area contributed by atoms with Crippen LogP contribution in [0.2, 0.25) is 10.0 Å². The molecular weight excluding hydrogens is 312 g/mol. The first-order chi connectivity index (χ1) is 8.90. The van der Waals surface area contributed by atoms with Crippen molar-refractivity contribution in [2.75, 3.05) is 4.72 Å². The minimum absolute atomic E-state index is 0.0318. The molecule has 0 heterocycles. The van der Waals surface area contributed by atoms with E-state index in [0.29, 0.717) is 0 Å². The molecule has 0 amide bonds.